The van der Waals surface area contributed by atoms with Crippen molar-refractivity contribution in [3.63, 3.8) is 0 Å². The Morgan fingerprint density at radius 2 is 1.90 bits per heavy atom. The summed E-state index contributed by atoms with van der Waals surface area (Å²) in [5, 5.41) is 12.7. The van der Waals surface area contributed by atoms with Crippen LogP contribution in [0.15, 0.2) is 82.9 Å². The minimum atomic E-state index is -1.42. The zero-order valence-electron chi connectivity index (χ0n) is 22.4. The van der Waals surface area contributed by atoms with Crippen molar-refractivity contribution in [2.24, 2.45) is 10.1 Å². The molecular formula is C29H32N6O5. The van der Waals surface area contributed by atoms with Crippen LogP contribution < -0.4 is 20.3 Å². The topological polar surface area (TPSA) is 150 Å². The van der Waals surface area contributed by atoms with Crippen molar-refractivity contribution in [2.45, 2.75) is 31.0 Å². The van der Waals surface area contributed by atoms with Gasteiger partial charge in [0, 0.05) is 37.0 Å². The van der Waals surface area contributed by atoms with Gasteiger partial charge in [-0.1, -0.05) is 41.5 Å². The summed E-state index contributed by atoms with van der Waals surface area (Å²) in [6.45, 7) is 0.584. The largest absolute Gasteiger partial charge is 0.497 e. The summed E-state index contributed by atoms with van der Waals surface area (Å²) in [5.74, 6) is 1.17. The van der Waals surface area contributed by atoms with Crippen LogP contribution in [0.25, 0.3) is 10.4 Å². The lowest BCUT2D eigenvalue weighted by Crippen LogP contribution is -2.53. The van der Waals surface area contributed by atoms with Gasteiger partial charge < -0.3 is 19.3 Å². The number of ether oxygens (including phenoxy) is 3. The second kappa shape index (κ2) is 13.5. The molecule has 208 valence electrons. The molecule has 1 aliphatic rings. The van der Waals surface area contributed by atoms with E-state index in [2.05, 4.69) is 20.9 Å². The molecule has 3 aromatic carbocycles. The molecule has 3 N–H and O–H groups in total. The summed E-state index contributed by atoms with van der Waals surface area (Å²) in [6, 6.07) is 22.1. The number of aliphatic imine (C=N–C) groups is 1. The number of azide groups is 1. The summed E-state index contributed by atoms with van der Waals surface area (Å²) in [5.41, 5.74) is 15.9. The maximum atomic E-state index is 13.9. The SMILES string of the molecule is CNNC(=O)[C@@]1(Cc2ccccc2CN=[N+]=[N-])N=C(c2ccc(OCCCO)cc2)O[C@H]1c1cccc(OC)c1. The van der Waals surface area contributed by atoms with Gasteiger partial charge in [-0.15, -0.1) is 0 Å². The van der Waals surface area contributed by atoms with E-state index in [1.807, 2.05) is 60.7 Å². The number of aliphatic hydroxyl groups is 1. The number of nitrogens with one attached hydrogen (secondary N) is 2. The first-order chi connectivity index (χ1) is 19.5. The van der Waals surface area contributed by atoms with Crippen LogP contribution in [0.4, 0.5) is 0 Å². The zero-order valence-corrected chi connectivity index (χ0v) is 22.4. The average molecular weight is 545 g/mol. The van der Waals surface area contributed by atoms with E-state index in [0.717, 1.165) is 11.1 Å². The lowest BCUT2D eigenvalue weighted by molar-refractivity contribution is -0.129. The van der Waals surface area contributed by atoms with Gasteiger partial charge in [-0.05, 0) is 58.6 Å². The van der Waals surface area contributed by atoms with Gasteiger partial charge in [0.25, 0.3) is 5.91 Å². The number of methoxy groups -OCH3 is 1. The Morgan fingerprint density at radius 3 is 2.60 bits per heavy atom. The van der Waals surface area contributed by atoms with Crippen LogP contribution in [0.1, 0.15) is 34.8 Å². The molecule has 40 heavy (non-hydrogen) atoms. The van der Waals surface area contributed by atoms with E-state index in [4.69, 9.17) is 29.8 Å². The lowest BCUT2D eigenvalue weighted by atomic mass is 9.81. The van der Waals surface area contributed by atoms with Gasteiger partial charge in [0.2, 0.25) is 5.90 Å². The van der Waals surface area contributed by atoms with Crippen LogP contribution in [-0.4, -0.2) is 49.8 Å². The van der Waals surface area contributed by atoms with E-state index < -0.39 is 11.6 Å². The quantitative estimate of drug-likeness (QED) is 0.0973. The molecule has 0 aromatic heterocycles. The Bertz CT molecular complexity index is 1390. The number of benzene rings is 3. The number of rotatable bonds is 13. The molecular weight excluding hydrogens is 512 g/mol. The number of hydrazine groups is 1. The smallest absolute Gasteiger partial charge is 0.266 e. The van der Waals surface area contributed by atoms with Gasteiger partial charge in [0.05, 0.1) is 20.3 Å². The molecule has 0 radical (unpaired) electrons. The van der Waals surface area contributed by atoms with Crippen LogP contribution >= 0.6 is 0 Å². The van der Waals surface area contributed by atoms with Gasteiger partial charge in [-0.25, -0.2) is 10.4 Å². The van der Waals surface area contributed by atoms with Crippen LogP contribution in [0.5, 0.6) is 11.5 Å². The molecule has 1 heterocycles. The molecule has 11 heteroatoms. The molecule has 0 fully saturated rings. The first-order valence-electron chi connectivity index (χ1n) is 12.8. The van der Waals surface area contributed by atoms with Crippen LogP contribution in [0.3, 0.4) is 0 Å². The highest BCUT2D eigenvalue weighted by Gasteiger charge is 2.53. The fraction of sp³-hybridized carbons (Fsp3) is 0.310. The molecule has 0 spiro atoms. The molecule has 3 aromatic rings. The van der Waals surface area contributed by atoms with Crippen molar-refractivity contribution in [3.05, 3.63) is 105 Å². The fourth-order valence-electron chi connectivity index (χ4n) is 4.59. The standard InChI is InChI=1S/C29H32N6O5/c1-31-34-28(37)29(18-22-7-3-4-8-23(22)19-32-35-30)26(21-9-5-10-25(17-21)38-2)40-27(33-29)20-11-13-24(14-12-20)39-16-6-15-36/h3-5,7-14,17,26,31,36H,6,15-16,18-19H2,1-2H3,(H,34,37)/t26-,29-/m0/s1. The molecule has 4 rings (SSSR count). The molecule has 0 aliphatic carbocycles. The van der Waals surface area contributed by atoms with Gasteiger partial charge in [0.15, 0.2) is 11.6 Å². The third-order valence-corrected chi connectivity index (χ3v) is 6.55. The fourth-order valence-corrected chi connectivity index (χ4v) is 4.59. The highest BCUT2D eigenvalue weighted by Crippen LogP contribution is 2.43. The third-order valence-electron chi connectivity index (χ3n) is 6.55. The van der Waals surface area contributed by atoms with E-state index in [1.165, 1.54) is 0 Å². The molecule has 0 bridgehead atoms. The summed E-state index contributed by atoms with van der Waals surface area (Å²) < 4.78 is 17.6. The van der Waals surface area contributed by atoms with E-state index in [1.54, 1.807) is 26.3 Å². The highest BCUT2D eigenvalue weighted by molar-refractivity contribution is 6.01. The van der Waals surface area contributed by atoms with Crippen LogP contribution in [0, 0.1) is 0 Å². The van der Waals surface area contributed by atoms with Crippen LogP contribution in [-0.2, 0) is 22.5 Å². The monoisotopic (exact) mass is 544 g/mol. The molecule has 1 aliphatic heterocycles. The van der Waals surface area contributed by atoms with Crippen molar-refractivity contribution in [1.82, 2.24) is 10.9 Å². The van der Waals surface area contributed by atoms with Crippen LogP contribution in [0.2, 0.25) is 0 Å². The number of hydrogen-bond donors (Lipinski definition) is 3. The minimum Gasteiger partial charge on any atom is -0.497 e. The molecule has 0 saturated carbocycles. The summed E-state index contributed by atoms with van der Waals surface area (Å²) in [7, 11) is 3.19. The Hall–Kier alpha value is -4.57. The first kappa shape index (κ1) is 28.4. The predicted octanol–water partition coefficient (Wildman–Crippen LogP) is 4.02. The number of nitrogens with zero attached hydrogens (tertiary/aromatic N) is 4. The van der Waals surface area contributed by atoms with E-state index >= 15 is 0 Å². The molecule has 11 nitrogen and oxygen atoms in total. The predicted molar refractivity (Wildman–Crippen MR) is 150 cm³/mol. The maximum Gasteiger partial charge on any atom is 0.266 e. The Kier molecular flexibility index (Phi) is 9.58. The van der Waals surface area contributed by atoms with Crippen molar-refractivity contribution >= 4 is 11.8 Å². The second-order valence-electron chi connectivity index (χ2n) is 9.10. The van der Waals surface area contributed by atoms with Crippen molar-refractivity contribution in [2.75, 3.05) is 27.4 Å². The third kappa shape index (κ3) is 6.35. The summed E-state index contributed by atoms with van der Waals surface area (Å²) in [4.78, 5) is 21.8. The van der Waals surface area contributed by atoms with E-state index in [0.29, 0.717) is 41.6 Å². The molecule has 0 unspecified atom stereocenters. The average Bonchev–Trinajstić information content (AvgIpc) is 3.38. The highest BCUT2D eigenvalue weighted by atomic mass is 16.5. The zero-order chi connectivity index (χ0) is 28.4. The minimum absolute atomic E-state index is 0.0527. The normalized spacial score (nSPS) is 17.8. The van der Waals surface area contributed by atoms with E-state index in [9.17, 15) is 4.79 Å². The second-order valence-corrected chi connectivity index (χ2v) is 9.10. The van der Waals surface area contributed by atoms with Gasteiger partial charge in [-0.3, -0.25) is 10.2 Å². The maximum absolute atomic E-state index is 13.9. The first-order valence-corrected chi connectivity index (χ1v) is 12.8. The molecule has 0 saturated heterocycles. The van der Waals surface area contributed by atoms with Crippen molar-refractivity contribution in [1.29, 1.82) is 0 Å². The number of aliphatic hydroxyl groups excluding tert-OH is 1. The van der Waals surface area contributed by atoms with Crippen molar-refractivity contribution in [3.8, 4) is 11.5 Å². The van der Waals surface area contributed by atoms with Crippen molar-refractivity contribution < 1.29 is 24.1 Å². The Balaban J connectivity index is 1.82. The van der Waals surface area contributed by atoms with E-state index in [-0.39, 0.29) is 25.5 Å². The van der Waals surface area contributed by atoms with Gasteiger partial charge in [0.1, 0.15) is 11.5 Å². The summed E-state index contributed by atoms with van der Waals surface area (Å²) in [6.07, 6.45) is -0.103. The molecule has 2 atom stereocenters. The Labute approximate surface area is 232 Å². The van der Waals surface area contributed by atoms with Gasteiger partial charge in [-0.2, -0.15) is 0 Å². The Morgan fingerprint density at radius 1 is 1.12 bits per heavy atom. The number of amides is 1. The summed E-state index contributed by atoms with van der Waals surface area (Å²) >= 11 is 0. The lowest BCUT2D eigenvalue weighted by Gasteiger charge is -2.31. The molecule has 1 amide bonds. The number of carbonyl (C=O) groups excluding carboxylic acids is 1. The number of carbonyl (C=O) groups is 1. The number of hydrogen-bond acceptors (Lipinski definition) is 8. The van der Waals surface area contributed by atoms with Gasteiger partial charge >= 0.3 is 0 Å².